The number of nitrogens with one attached hydrogen (secondary N) is 1. The van der Waals surface area contributed by atoms with Crippen LogP contribution in [0.3, 0.4) is 0 Å². The van der Waals surface area contributed by atoms with Gasteiger partial charge in [0.05, 0.1) is 10.6 Å². The number of carbonyl (C=O) groups is 1. The molecule has 0 saturated heterocycles. The summed E-state index contributed by atoms with van der Waals surface area (Å²) in [6.07, 6.45) is 0. The van der Waals surface area contributed by atoms with Gasteiger partial charge in [-0.2, -0.15) is 4.98 Å². The smallest absolute Gasteiger partial charge is 0.234 e. The first-order valence-electron chi connectivity index (χ1n) is 10.7. The van der Waals surface area contributed by atoms with E-state index in [-0.39, 0.29) is 32.6 Å². The molecule has 6 nitrogen and oxygen atoms in total. The lowest BCUT2D eigenvalue weighted by Crippen LogP contribution is -2.14. The molecule has 3 aromatic carbocycles. The average molecular weight is 511 g/mol. The van der Waals surface area contributed by atoms with Crippen LogP contribution < -0.4 is 5.32 Å². The van der Waals surface area contributed by atoms with Gasteiger partial charge in [0, 0.05) is 11.3 Å². The SMILES string of the molecule is Cc1ccc(-c2nc(S(=O)(=O)c3ccc(F)cc3)c(SCC(=O)Nc3cc(C)cc(C)c3)o2)cc1. The van der Waals surface area contributed by atoms with Crippen LogP contribution in [-0.4, -0.2) is 25.1 Å². The monoisotopic (exact) mass is 510 g/mol. The number of benzene rings is 3. The van der Waals surface area contributed by atoms with Gasteiger partial charge in [0.1, 0.15) is 5.82 Å². The zero-order valence-electron chi connectivity index (χ0n) is 19.3. The second-order valence-electron chi connectivity index (χ2n) is 8.15. The second-order valence-corrected chi connectivity index (χ2v) is 11.0. The third-order valence-corrected chi connectivity index (χ3v) is 7.84. The minimum atomic E-state index is -4.12. The molecule has 0 aliphatic rings. The largest absolute Gasteiger partial charge is 0.428 e. The van der Waals surface area contributed by atoms with Crippen LogP contribution in [0.1, 0.15) is 16.7 Å². The van der Waals surface area contributed by atoms with E-state index in [4.69, 9.17) is 4.42 Å². The summed E-state index contributed by atoms with van der Waals surface area (Å²) in [5.41, 5.74) is 4.30. The van der Waals surface area contributed by atoms with Crippen LogP contribution in [0.25, 0.3) is 11.5 Å². The molecule has 1 aromatic heterocycles. The Morgan fingerprint density at radius 2 is 1.57 bits per heavy atom. The van der Waals surface area contributed by atoms with Crippen molar-refractivity contribution in [2.24, 2.45) is 0 Å². The van der Waals surface area contributed by atoms with Crippen molar-refractivity contribution in [2.75, 3.05) is 11.1 Å². The quantitative estimate of drug-likeness (QED) is 0.243. The van der Waals surface area contributed by atoms with Gasteiger partial charge in [-0.15, -0.1) is 0 Å². The Kier molecular flexibility index (Phi) is 7.09. The molecule has 0 unspecified atom stereocenters. The van der Waals surface area contributed by atoms with Crippen molar-refractivity contribution in [3.63, 3.8) is 0 Å². The summed E-state index contributed by atoms with van der Waals surface area (Å²) in [5.74, 6) is -0.856. The van der Waals surface area contributed by atoms with Crippen molar-refractivity contribution in [1.82, 2.24) is 4.98 Å². The maximum atomic E-state index is 13.4. The van der Waals surface area contributed by atoms with E-state index in [1.54, 1.807) is 12.1 Å². The summed E-state index contributed by atoms with van der Waals surface area (Å²) in [6, 6.07) is 17.4. The Bertz CT molecular complexity index is 1460. The lowest BCUT2D eigenvalue weighted by atomic mass is 10.1. The van der Waals surface area contributed by atoms with E-state index >= 15 is 0 Å². The minimum Gasteiger partial charge on any atom is -0.428 e. The van der Waals surface area contributed by atoms with E-state index in [9.17, 15) is 17.6 Å². The Labute approximate surface area is 207 Å². The molecule has 0 radical (unpaired) electrons. The third-order valence-electron chi connectivity index (χ3n) is 5.08. The number of nitrogens with zero attached hydrogens (tertiary/aromatic N) is 1. The standard InChI is InChI=1S/C26H23FN2O4S2/c1-16-4-6-19(7-5-16)24-29-25(35(31,32)22-10-8-20(27)9-11-22)26(33-24)34-15-23(30)28-21-13-17(2)12-18(3)14-21/h4-14H,15H2,1-3H3,(H,28,30). The summed E-state index contributed by atoms with van der Waals surface area (Å²) < 4.78 is 45.8. The molecular formula is C26H23FN2O4S2. The van der Waals surface area contributed by atoms with Crippen LogP contribution in [-0.2, 0) is 14.6 Å². The molecule has 4 rings (SSSR count). The van der Waals surface area contributed by atoms with Crippen molar-refractivity contribution >= 4 is 33.2 Å². The van der Waals surface area contributed by atoms with Gasteiger partial charge in [0.15, 0.2) is 0 Å². The predicted molar refractivity (Wildman–Crippen MR) is 134 cm³/mol. The van der Waals surface area contributed by atoms with E-state index in [1.807, 2.05) is 51.1 Å². The normalized spacial score (nSPS) is 11.4. The summed E-state index contributed by atoms with van der Waals surface area (Å²) in [7, 11) is -4.12. The molecule has 1 amide bonds. The molecule has 0 atom stereocenters. The number of oxazole rings is 1. The molecule has 35 heavy (non-hydrogen) atoms. The molecule has 0 spiro atoms. The van der Waals surface area contributed by atoms with Gasteiger partial charge < -0.3 is 9.73 Å². The maximum absolute atomic E-state index is 13.4. The number of anilines is 1. The summed E-state index contributed by atoms with van der Waals surface area (Å²) in [4.78, 5) is 16.7. The average Bonchev–Trinajstić information content (AvgIpc) is 3.23. The molecule has 0 fully saturated rings. The molecule has 0 saturated carbocycles. The zero-order valence-corrected chi connectivity index (χ0v) is 21.0. The van der Waals surface area contributed by atoms with Crippen molar-refractivity contribution in [1.29, 1.82) is 0 Å². The fourth-order valence-electron chi connectivity index (χ4n) is 3.47. The first-order chi connectivity index (χ1) is 16.6. The highest BCUT2D eigenvalue weighted by Gasteiger charge is 2.29. The number of rotatable bonds is 7. The molecule has 4 aromatic rings. The Morgan fingerprint density at radius 3 is 2.20 bits per heavy atom. The lowest BCUT2D eigenvalue weighted by Gasteiger charge is -2.07. The molecule has 180 valence electrons. The summed E-state index contributed by atoms with van der Waals surface area (Å²) in [6.45, 7) is 5.80. The number of carbonyl (C=O) groups excluding carboxylic acids is 1. The number of halogens is 1. The number of hydrogen-bond acceptors (Lipinski definition) is 6. The Balaban J connectivity index is 1.64. The first-order valence-corrected chi connectivity index (χ1v) is 13.2. The number of aromatic nitrogens is 1. The number of sulfone groups is 1. The molecule has 0 aliphatic heterocycles. The number of aryl methyl sites for hydroxylation is 3. The number of thioether (sulfide) groups is 1. The van der Waals surface area contributed by atoms with Crippen LogP contribution in [0.5, 0.6) is 0 Å². The van der Waals surface area contributed by atoms with Crippen LogP contribution in [0, 0.1) is 26.6 Å². The number of hydrogen-bond donors (Lipinski definition) is 1. The van der Waals surface area contributed by atoms with Crippen molar-refractivity contribution in [3.8, 4) is 11.5 Å². The third kappa shape index (κ3) is 5.80. The van der Waals surface area contributed by atoms with Gasteiger partial charge in [-0.25, -0.2) is 12.8 Å². The van der Waals surface area contributed by atoms with Crippen molar-refractivity contribution < 1.29 is 22.0 Å². The molecular weight excluding hydrogens is 487 g/mol. The van der Waals surface area contributed by atoms with Crippen molar-refractivity contribution in [3.05, 3.63) is 89.2 Å². The van der Waals surface area contributed by atoms with Crippen LogP contribution >= 0.6 is 11.8 Å². The molecule has 9 heteroatoms. The number of amides is 1. The van der Waals surface area contributed by atoms with Crippen molar-refractivity contribution in [2.45, 2.75) is 35.8 Å². The zero-order chi connectivity index (χ0) is 25.2. The minimum absolute atomic E-state index is 0.0135. The summed E-state index contributed by atoms with van der Waals surface area (Å²) in [5, 5.41) is 2.49. The topological polar surface area (TPSA) is 89.3 Å². The second kappa shape index (κ2) is 10.1. The van der Waals surface area contributed by atoms with E-state index in [2.05, 4.69) is 10.3 Å². The molecule has 0 aliphatic carbocycles. The maximum Gasteiger partial charge on any atom is 0.234 e. The van der Waals surface area contributed by atoms with Crippen LogP contribution in [0.4, 0.5) is 10.1 Å². The Hall–Kier alpha value is -3.43. The predicted octanol–water partition coefficient (Wildman–Crippen LogP) is 5.97. The van der Waals surface area contributed by atoms with E-state index in [0.29, 0.717) is 11.3 Å². The highest BCUT2D eigenvalue weighted by molar-refractivity contribution is 8.00. The molecule has 1 N–H and O–H groups in total. The van der Waals surface area contributed by atoms with Crippen LogP contribution in [0.2, 0.25) is 0 Å². The van der Waals surface area contributed by atoms with E-state index < -0.39 is 15.7 Å². The lowest BCUT2D eigenvalue weighted by molar-refractivity contribution is -0.113. The fourth-order valence-corrected chi connectivity index (χ4v) is 5.80. The highest BCUT2D eigenvalue weighted by Crippen LogP contribution is 2.35. The van der Waals surface area contributed by atoms with E-state index in [0.717, 1.165) is 40.6 Å². The van der Waals surface area contributed by atoms with E-state index in [1.165, 1.54) is 12.1 Å². The molecule has 0 bridgehead atoms. The van der Waals surface area contributed by atoms with Gasteiger partial charge in [-0.05, 0) is 80.4 Å². The van der Waals surface area contributed by atoms with Gasteiger partial charge in [0.2, 0.25) is 31.8 Å². The van der Waals surface area contributed by atoms with Gasteiger partial charge in [0.25, 0.3) is 0 Å². The van der Waals surface area contributed by atoms with Gasteiger partial charge >= 0.3 is 0 Å². The fraction of sp³-hybridized carbons (Fsp3) is 0.154. The first kappa shape index (κ1) is 24.7. The van der Waals surface area contributed by atoms with Gasteiger partial charge in [-0.1, -0.05) is 35.5 Å². The highest BCUT2D eigenvalue weighted by atomic mass is 32.2. The van der Waals surface area contributed by atoms with Gasteiger partial charge in [-0.3, -0.25) is 4.79 Å². The Morgan fingerprint density at radius 1 is 0.943 bits per heavy atom. The van der Waals surface area contributed by atoms with Crippen LogP contribution in [0.15, 0.2) is 86.2 Å². The molecule has 1 heterocycles. The summed E-state index contributed by atoms with van der Waals surface area (Å²) >= 11 is 0.932.